The maximum Gasteiger partial charge on any atom is 0.290 e. The summed E-state index contributed by atoms with van der Waals surface area (Å²) in [5, 5.41) is 11.9. The van der Waals surface area contributed by atoms with E-state index < -0.39 is 0 Å². The maximum atomic E-state index is 12.4. The summed E-state index contributed by atoms with van der Waals surface area (Å²) in [7, 11) is 5.18. The molecule has 8 nitrogen and oxygen atoms in total. The molecule has 4 rings (SSSR count). The van der Waals surface area contributed by atoms with Gasteiger partial charge in [0.1, 0.15) is 11.4 Å². The molecule has 0 saturated heterocycles. The summed E-state index contributed by atoms with van der Waals surface area (Å²) < 4.78 is 14.2. The standard InChI is InChI=1S/C21H25N5O3/c1-25-9-8-18(23-25)17-10-15(17)13-29-20-11-19(21(27)26(2)24-20)22-12-14-4-6-16(28-3)7-5-14/h4-9,11,15,17,22H,10,12-13H2,1-3H3/t15-,17+/m1/s1. The lowest BCUT2D eigenvalue weighted by Gasteiger charge is -2.11. The van der Waals surface area contributed by atoms with Gasteiger partial charge in [0.2, 0.25) is 5.88 Å². The van der Waals surface area contributed by atoms with Crippen molar-refractivity contribution in [1.82, 2.24) is 19.6 Å². The third-order valence-electron chi connectivity index (χ3n) is 5.16. The van der Waals surface area contributed by atoms with Gasteiger partial charge in [0.15, 0.2) is 0 Å². The molecule has 3 aromatic rings. The Labute approximate surface area is 169 Å². The molecule has 0 radical (unpaired) electrons. The summed E-state index contributed by atoms with van der Waals surface area (Å²) in [5.74, 6) is 2.11. The second kappa shape index (κ2) is 7.98. The van der Waals surface area contributed by atoms with Crippen LogP contribution in [-0.4, -0.2) is 33.3 Å². The second-order valence-electron chi connectivity index (χ2n) is 7.35. The molecular formula is C21H25N5O3. The molecule has 0 unspecified atom stereocenters. The average Bonchev–Trinajstić information content (AvgIpc) is 3.38. The molecule has 1 fully saturated rings. The SMILES string of the molecule is COc1ccc(CNc2cc(OC[C@H]3C[C@@H]3c3ccn(C)n3)nn(C)c2=O)cc1. The number of aromatic nitrogens is 4. The third kappa shape index (κ3) is 4.42. The van der Waals surface area contributed by atoms with Crippen LogP contribution >= 0.6 is 0 Å². The normalized spacial score (nSPS) is 17.8. The molecule has 29 heavy (non-hydrogen) atoms. The molecule has 0 amide bonds. The van der Waals surface area contributed by atoms with Crippen LogP contribution in [0.2, 0.25) is 0 Å². The Morgan fingerprint density at radius 3 is 2.66 bits per heavy atom. The second-order valence-corrected chi connectivity index (χ2v) is 7.35. The predicted molar refractivity (Wildman–Crippen MR) is 109 cm³/mol. The number of hydrogen-bond donors (Lipinski definition) is 1. The fourth-order valence-corrected chi connectivity index (χ4v) is 3.34. The molecule has 2 aromatic heterocycles. The van der Waals surface area contributed by atoms with Crippen LogP contribution < -0.4 is 20.3 Å². The van der Waals surface area contributed by atoms with E-state index in [-0.39, 0.29) is 5.56 Å². The van der Waals surface area contributed by atoms with Gasteiger partial charge in [-0.25, -0.2) is 4.68 Å². The van der Waals surface area contributed by atoms with Crippen molar-refractivity contribution in [2.45, 2.75) is 18.9 Å². The molecule has 0 bridgehead atoms. The minimum atomic E-state index is -0.191. The lowest BCUT2D eigenvalue weighted by Crippen LogP contribution is -2.24. The summed E-state index contributed by atoms with van der Waals surface area (Å²) in [6.45, 7) is 1.08. The van der Waals surface area contributed by atoms with Crippen molar-refractivity contribution in [2.24, 2.45) is 20.0 Å². The summed E-state index contributed by atoms with van der Waals surface area (Å²) in [6.07, 6.45) is 3.02. The van der Waals surface area contributed by atoms with E-state index in [2.05, 4.69) is 21.6 Å². The average molecular weight is 395 g/mol. The van der Waals surface area contributed by atoms with Gasteiger partial charge in [-0.2, -0.15) is 5.10 Å². The van der Waals surface area contributed by atoms with Crippen molar-refractivity contribution in [1.29, 1.82) is 0 Å². The van der Waals surface area contributed by atoms with Crippen molar-refractivity contribution < 1.29 is 9.47 Å². The van der Waals surface area contributed by atoms with Crippen molar-refractivity contribution in [3.8, 4) is 11.6 Å². The van der Waals surface area contributed by atoms with Crippen molar-refractivity contribution in [3.63, 3.8) is 0 Å². The van der Waals surface area contributed by atoms with E-state index in [4.69, 9.17) is 9.47 Å². The molecule has 2 atom stereocenters. The van der Waals surface area contributed by atoms with E-state index in [0.29, 0.717) is 36.6 Å². The predicted octanol–water partition coefficient (Wildman–Crippen LogP) is 2.32. The van der Waals surface area contributed by atoms with E-state index in [1.807, 2.05) is 42.2 Å². The highest BCUT2D eigenvalue weighted by molar-refractivity contribution is 5.44. The van der Waals surface area contributed by atoms with Crippen LogP contribution in [-0.2, 0) is 20.6 Å². The van der Waals surface area contributed by atoms with Crippen LogP contribution in [0.3, 0.4) is 0 Å². The molecular weight excluding hydrogens is 370 g/mol. The van der Waals surface area contributed by atoms with E-state index in [1.165, 1.54) is 4.68 Å². The quantitative estimate of drug-likeness (QED) is 0.630. The largest absolute Gasteiger partial charge is 0.497 e. The third-order valence-corrected chi connectivity index (χ3v) is 5.16. The number of aryl methyl sites for hydroxylation is 2. The minimum Gasteiger partial charge on any atom is -0.497 e. The Kier molecular flexibility index (Phi) is 5.24. The van der Waals surface area contributed by atoms with Gasteiger partial charge >= 0.3 is 0 Å². The van der Waals surface area contributed by atoms with Crippen LogP contribution in [0.4, 0.5) is 5.69 Å². The van der Waals surface area contributed by atoms with E-state index in [1.54, 1.807) is 20.2 Å². The number of rotatable bonds is 8. The number of nitrogens with one attached hydrogen (secondary N) is 1. The fourth-order valence-electron chi connectivity index (χ4n) is 3.34. The lowest BCUT2D eigenvalue weighted by molar-refractivity contribution is 0.278. The zero-order valence-corrected chi connectivity index (χ0v) is 16.8. The first-order valence-electron chi connectivity index (χ1n) is 9.61. The van der Waals surface area contributed by atoms with Gasteiger partial charge in [-0.05, 0) is 30.2 Å². The summed E-state index contributed by atoms with van der Waals surface area (Å²) in [4.78, 5) is 12.4. The molecule has 2 heterocycles. The molecule has 0 aliphatic heterocycles. The first-order chi connectivity index (χ1) is 14.0. The van der Waals surface area contributed by atoms with Gasteiger partial charge in [-0.3, -0.25) is 9.48 Å². The van der Waals surface area contributed by atoms with Crippen LogP contribution in [0.5, 0.6) is 11.6 Å². The zero-order chi connectivity index (χ0) is 20.4. The van der Waals surface area contributed by atoms with E-state index >= 15 is 0 Å². The first-order valence-corrected chi connectivity index (χ1v) is 9.61. The minimum absolute atomic E-state index is 0.191. The number of nitrogens with zero attached hydrogens (tertiary/aromatic N) is 4. The Balaban J connectivity index is 1.37. The number of benzene rings is 1. The van der Waals surface area contributed by atoms with E-state index in [9.17, 15) is 4.79 Å². The van der Waals surface area contributed by atoms with Gasteiger partial charge in [-0.1, -0.05) is 12.1 Å². The molecule has 8 heteroatoms. The fraction of sp³-hybridized carbons (Fsp3) is 0.381. The molecule has 1 N–H and O–H groups in total. The van der Waals surface area contributed by atoms with Gasteiger partial charge in [0.05, 0.1) is 19.4 Å². The summed E-state index contributed by atoms with van der Waals surface area (Å²) >= 11 is 0. The Morgan fingerprint density at radius 2 is 1.97 bits per heavy atom. The van der Waals surface area contributed by atoms with Crippen molar-refractivity contribution in [3.05, 3.63) is 64.2 Å². The van der Waals surface area contributed by atoms with Crippen LogP contribution in [0, 0.1) is 5.92 Å². The number of anilines is 1. The van der Waals surface area contributed by atoms with Gasteiger partial charge < -0.3 is 14.8 Å². The Hall–Kier alpha value is -3.29. The zero-order valence-electron chi connectivity index (χ0n) is 16.8. The summed E-state index contributed by atoms with van der Waals surface area (Å²) in [6, 6.07) is 11.4. The van der Waals surface area contributed by atoms with Gasteiger partial charge in [-0.15, -0.1) is 5.10 Å². The molecule has 0 spiro atoms. The van der Waals surface area contributed by atoms with Crippen LogP contribution in [0.1, 0.15) is 23.6 Å². The van der Waals surface area contributed by atoms with Crippen LogP contribution in [0.25, 0.3) is 0 Å². The molecule has 1 saturated carbocycles. The van der Waals surface area contributed by atoms with Crippen molar-refractivity contribution >= 4 is 5.69 Å². The van der Waals surface area contributed by atoms with Crippen molar-refractivity contribution in [2.75, 3.05) is 19.0 Å². The topological polar surface area (TPSA) is 83.2 Å². The maximum absolute atomic E-state index is 12.4. The molecule has 1 aliphatic rings. The Bertz CT molecular complexity index is 1040. The highest BCUT2D eigenvalue weighted by Gasteiger charge is 2.40. The molecule has 152 valence electrons. The highest BCUT2D eigenvalue weighted by Crippen LogP contribution is 2.46. The monoisotopic (exact) mass is 395 g/mol. The Morgan fingerprint density at radius 1 is 1.17 bits per heavy atom. The number of ether oxygens (including phenoxy) is 2. The lowest BCUT2D eigenvalue weighted by atomic mass is 10.2. The molecule has 1 aliphatic carbocycles. The smallest absolute Gasteiger partial charge is 0.290 e. The van der Waals surface area contributed by atoms with Gasteiger partial charge in [0, 0.05) is 44.7 Å². The number of methoxy groups -OCH3 is 1. The number of hydrogen-bond acceptors (Lipinski definition) is 6. The first kappa shape index (κ1) is 19.0. The van der Waals surface area contributed by atoms with E-state index in [0.717, 1.165) is 23.4 Å². The highest BCUT2D eigenvalue weighted by atomic mass is 16.5. The summed E-state index contributed by atoms with van der Waals surface area (Å²) in [5.41, 5.74) is 2.42. The van der Waals surface area contributed by atoms with Gasteiger partial charge in [0.25, 0.3) is 5.56 Å². The van der Waals surface area contributed by atoms with Crippen LogP contribution in [0.15, 0.2) is 47.4 Å². The molecule has 1 aromatic carbocycles.